The second-order valence-corrected chi connectivity index (χ2v) is 5.60. The number of aryl methyl sites for hydroxylation is 1. The van der Waals surface area contributed by atoms with E-state index in [4.69, 9.17) is 11.6 Å². The van der Waals surface area contributed by atoms with Crippen molar-refractivity contribution in [3.63, 3.8) is 0 Å². The van der Waals surface area contributed by atoms with Crippen LogP contribution in [0.4, 0.5) is 17.6 Å². The molecule has 2 aromatic rings. The van der Waals surface area contributed by atoms with Gasteiger partial charge in [0, 0.05) is 16.7 Å². The second-order valence-electron chi connectivity index (χ2n) is 4.27. The number of alkyl halides is 1. The van der Waals surface area contributed by atoms with E-state index >= 15 is 0 Å². The van der Waals surface area contributed by atoms with E-state index in [1.54, 1.807) is 0 Å². The Labute approximate surface area is 126 Å². The molecule has 0 spiro atoms. The van der Waals surface area contributed by atoms with Gasteiger partial charge in [0.15, 0.2) is 11.6 Å². The Hall–Kier alpha value is -1.07. The summed E-state index contributed by atoms with van der Waals surface area (Å²) in [5, 5.41) is -0.0489. The van der Waals surface area contributed by atoms with Gasteiger partial charge in [-0.05, 0) is 36.2 Å². The zero-order chi connectivity index (χ0) is 15.0. The number of rotatable bonds is 2. The van der Waals surface area contributed by atoms with E-state index in [0.29, 0.717) is 0 Å². The fourth-order valence-corrected chi connectivity index (χ4v) is 2.89. The van der Waals surface area contributed by atoms with Crippen molar-refractivity contribution in [1.82, 2.24) is 0 Å². The molecule has 0 nitrogen and oxygen atoms in total. The first-order chi connectivity index (χ1) is 9.31. The van der Waals surface area contributed by atoms with Gasteiger partial charge in [0.05, 0.1) is 4.83 Å². The van der Waals surface area contributed by atoms with E-state index in [-0.39, 0.29) is 21.7 Å². The van der Waals surface area contributed by atoms with Crippen molar-refractivity contribution >= 4 is 27.5 Å². The summed E-state index contributed by atoms with van der Waals surface area (Å²) in [4.78, 5) is -0.815. The standard InChI is InChI=1S/C14H8BrClF4/c1-6-2-8(11(18)5-10(6)17)14(15)7-3-12(19)13(20)4-9(7)16/h2-5,14H,1H3. The highest BCUT2D eigenvalue weighted by atomic mass is 79.9. The van der Waals surface area contributed by atoms with Gasteiger partial charge in [0.25, 0.3) is 0 Å². The summed E-state index contributed by atoms with van der Waals surface area (Å²) in [5.41, 5.74) is 0.497. The van der Waals surface area contributed by atoms with Crippen molar-refractivity contribution in [3.05, 3.63) is 69.2 Å². The first-order valence-corrected chi connectivity index (χ1v) is 6.84. The number of hydrogen-bond donors (Lipinski definition) is 0. The Morgan fingerprint density at radius 1 is 0.850 bits per heavy atom. The molecular weight excluding hydrogens is 360 g/mol. The van der Waals surface area contributed by atoms with Gasteiger partial charge in [-0.15, -0.1) is 0 Å². The summed E-state index contributed by atoms with van der Waals surface area (Å²) in [6.45, 7) is 1.48. The topological polar surface area (TPSA) is 0 Å². The lowest BCUT2D eigenvalue weighted by Crippen LogP contribution is -2.01. The molecule has 2 rings (SSSR count). The van der Waals surface area contributed by atoms with Gasteiger partial charge < -0.3 is 0 Å². The minimum atomic E-state index is -1.09. The van der Waals surface area contributed by atoms with Crippen LogP contribution < -0.4 is 0 Å². The van der Waals surface area contributed by atoms with E-state index < -0.39 is 28.1 Å². The molecule has 0 aromatic heterocycles. The van der Waals surface area contributed by atoms with Gasteiger partial charge >= 0.3 is 0 Å². The Balaban J connectivity index is 2.54. The van der Waals surface area contributed by atoms with Crippen LogP contribution in [0.15, 0.2) is 24.3 Å². The van der Waals surface area contributed by atoms with Crippen LogP contribution in [0.5, 0.6) is 0 Å². The van der Waals surface area contributed by atoms with E-state index in [1.165, 1.54) is 13.0 Å². The molecule has 0 aliphatic rings. The third-order valence-electron chi connectivity index (χ3n) is 2.86. The van der Waals surface area contributed by atoms with Crippen LogP contribution in [0.1, 0.15) is 21.5 Å². The van der Waals surface area contributed by atoms with Gasteiger partial charge in [0.2, 0.25) is 0 Å². The molecule has 0 heterocycles. The first-order valence-electron chi connectivity index (χ1n) is 5.55. The van der Waals surface area contributed by atoms with Crippen molar-refractivity contribution in [2.24, 2.45) is 0 Å². The van der Waals surface area contributed by atoms with Crippen LogP contribution in [-0.4, -0.2) is 0 Å². The summed E-state index contributed by atoms with van der Waals surface area (Å²) in [5.74, 6) is -3.65. The van der Waals surface area contributed by atoms with Crippen LogP contribution in [0, 0.1) is 30.2 Å². The molecule has 0 aliphatic carbocycles. The van der Waals surface area contributed by atoms with Crippen molar-refractivity contribution < 1.29 is 17.6 Å². The van der Waals surface area contributed by atoms with Crippen LogP contribution in [0.3, 0.4) is 0 Å². The Kier molecular flexibility index (Phi) is 4.39. The third-order valence-corrected chi connectivity index (χ3v) is 4.18. The van der Waals surface area contributed by atoms with E-state index in [2.05, 4.69) is 15.9 Å². The maximum Gasteiger partial charge on any atom is 0.160 e. The molecule has 20 heavy (non-hydrogen) atoms. The quantitative estimate of drug-likeness (QED) is 0.363. The van der Waals surface area contributed by atoms with Crippen molar-refractivity contribution in [2.45, 2.75) is 11.8 Å². The number of halogens is 6. The van der Waals surface area contributed by atoms with Crippen LogP contribution in [-0.2, 0) is 0 Å². The van der Waals surface area contributed by atoms with Gasteiger partial charge in [-0.2, -0.15) is 0 Å². The molecule has 0 amide bonds. The summed E-state index contributed by atoms with van der Waals surface area (Å²) in [6.07, 6.45) is 0. The molecule has 2 aromatic carbocycles. The van der Waals surface area contributed by atoms with Crippen LogP contribution in [0.2, 0.25) is 5.02 Å². The fraction of sp³-hybridized carbons (Fsp3) is 0.143. The monoisotopic (exact) mass is 366 g/mol. The van der Waals surface area contributed by atoms with Gasteiger partial charge in [0.1, 0.15) is 11.6 Å². The predicted molar refractivity (Wildman–Crippen MR) is 73.2 cm³/mol. The summed E-state index contributed by atoms with van der Waals surface area (Å²) < 4.78 is 53.3. The number of benzene rings is 2. The van der Waals surface area contributed by atoms with Crippen LogP contribution >= 0.6 is 27.5 Å². The molecule has 1 unspecified atom stereocenters. The van der Waals surface area contributed by atoms with Gasteiger partial charge in [-0.25, -0.2) is 17.6 Å². The largest absolute Gasteiger partial charge is 0.207 e. The maximum absolute atomic E-state index is 13.8. The van der Waals surface area contributed by atoms with E-state index in [1.807, 2.05) is 0 Å². The molecule has 0 aliphatic heterocycles. The van der Waals surface area contributed by atoms with Crippen LogP contribution in [0.25, 0.3) is 0 Å². The average Bonchev–Trinajstić information content (AvgIpc) is 2.37. The normalized spacial score (nSPS) is 12.6. The Morgan fingerprint density at radius 2 is 1.45 bits per heavy atom. The van der Waals surface area contributed by atoms with Gasteiger partial charge in [-0.3, -0.25) is 0 Å². The molecule has 0 radical (unpaired) electrons. The smallest absolute Gasteiger partial charge is 0.160 e. The molecule has 0 bridgehead atoms. The highest BCUT2D eigenvalue weighted by molar-refractivity contribution is 9.09. The Bertz CT molecular complexity index is 615. The summed E-state index contributed by atoms with van der Waals surface area (Å²) in [6, 6.07) is 3.73. The minimum absolute atomic E-state index is 0.0489. The minimum Gasteiger partial charge on any atom is -0.207 e. The average molecular weight is 368 g/mol. The zero-order valence-electron chi connectivity index (χ0n) is 10.2. The predicted octanol–water partition coefficient (Wildman–Crippen LogP) is 5.69. The molecule has 6 heteroatoms. The lowest BCUT2D eigenvalue weighted by Gasteiger charge is -2.15. The highest BCUT2D eigenvalue weighted by Crippen LogP contribution is 2.38. The lowest BCUT2D eigenvalue weighted by molar-refractivity contribution is 0.507. The molecule has 0 N–H and O–H groups in total. The first kappa shape index (κ1) is 15.3. The van der Waals surface area contributed by atoms with Crippen molar-refractivity contribution in [1.29, 1.82) is 0 Å². The Morgan fingerprint density at radius 3 is 2.10 bits per heavy atom. The number of hydrogen-bond acceptors (Lipinski definition) is 0. The highest BCUT2D eigenvalue weighted by Gasteiger charge is 2.21. The van der Waals surface area contributed by atoms with E-state index in [9.17, 15) is 17.6 Å². The second kappa shape index (κ2) is 5.74. The lowest BCUT2D eigenvalue weighted by atomic mass is 10.0. The zero-order valence-corrected chi connectivity index (χ0v) is 12.5. The SMILES string of the molecule is Cc1cc(C(Br)c2cc(F)c(F)cc2Cl)c(F)cc1F. The third kappa shape index (κ3) is 2.83. The molecule has 106 valence electrons. The molecule has 0 fully saturated rings. The fourth-order valence-electron chi connectivity index (χ4n) is 1.77. The van der Waals surface area contributed by atoms with E-state index in [0.717, 1.165) is 18.2 Å². The molecule has 1 atom stereocenters. The summed E-state index contributed by atoms with van der Waals surface area (Å²) in [7, 11) is 0. The van der Waals surface area contributed by atoms with Crippen molar-refractivity contribution in [3.8, 4) is 0 Å². The molecular formula is C14H8BrClF4. The van der Waals surface area contributed by atoms with Gasteiger partial charge in [-0.1, -0.05) is 27.5 Å². The summed E-state index contributed by atoms with van der Waals surface area (Å²) >= 11 is 9.01. The molecule has 0 saturated carbocycles. The van der Waals surface area contributed by atoms with Crippen molar-refractivity contribution in [2.75, 3.05) is 0 Å². The maximum atomic E-state index is 13.8. The molecule has 0 saturated heterocycles.